The minimum Gasteiger partial charge on any atom is -0.388 e. The van der Waals surface area contributed by atoms with Gasteiger partial charge in [0, 0.05) is 16.9 Å². The molecule has 2 nitrogen and oxygen atoms in total. The van der Waals surface area contributed by atoms with Crippen LogP contribution in [0.15, 0.2) is 51.4 Å². The number of rotatable bonds is 4. The van der Waals surface area contributed by atoms with Crippen molar-refractivity contribution in [2.75, 3.05) is 6.54 Å². The average Bonchev–Trinajstić information content (AvgIpc) is 2.44. The third-order valence-corrected chi connectivity index (χ3v) is 4.59. The van der Waals surface area contributed by atoms with Crippen molar-refractivity contribution in [3.63, 3.8) is 0 Å². The van der Waals surface area contributed by atoms with E-state index in [-0.39, 0.29) is 12.5 Å². The predicted molar refractivity (Wildman–Crippen MR) is 85.0 cm³/mol. The van der Waals surface area contributed by atoms with Gasteiger partial charge in [0.05, 0.1) is 10.6 Å². The maximum Gasteiger partial charge on any atom is 0.137 e. The minimum absolute atomic E-state index is 0.265. The molecular formula is C15H14Br2FNO. The molecule has 0 aromatic heterocycles. The van der Waals surface area contributed by atoms with Crippen molar-refractivity contribution in [2.24, 2.45) is 5.73 Å². The monoisotopic (exact) mass is 401 g/mol. The van der Waals surface area contributed by atoms with Gasteiger partial charge in [-0.05, 0) is 45.3 Å². The summed E-state index contributed by atoms with van der Waals surface area (Å²) in [5.41, 5.74) is 7.22. The zero-order valence-electron chi connectivity index (χ0n) is 10.6. The molecule has 2 rings (SSSR count). The van der Waals surface area contributed by atoms with Gasteiger partial charge in [0.15, 0.2) is 0 Å². The second kappa shape index (κ2) is 6.80. The van der Waals surface area contributed by atoms with Gasteiger partial charge in [0.2, 0.25) is 0 Å². The van der Waals surface area contributed by atoms with E-state index in [1.54, 1.807) is 12.1 Å². The molecule has 0 radical (unpaired) electrons. The third kappa shape index (κ3) is 3.28. The van der Waals surface area contributed by atoms with Crippen LogP contribution in [0.4, 0.5) is 4.39 Å². The largest absolute Gasteiger partial charge is 0.388 e. The van der Waals surface area contributed by atoms with Gasteiger partial charge in [0.25, 0.3) is 0 Å². The molecule has 0 bridgehead atoms. The number of hydrogen-bond acceptors (Lipinski definition) is 2. The Morgan fingerprint density at radius 2 is 1.80 bits per heavy atom. The van der Waals surface area contributed by atoms with E-state index in [0.717, 1.165) is 10.0 Å². The van der Waals surface area contributed by atoms with Crippen LogP contribution in [0, 0.1) is 5.82 Å². The number of hydrogen-bond donors (Lipinski definition) is 2. The quantitative estimate of drug-likeness (QED) is 0.807. The second-order valence-corrected chi connectivity index (χ2v) is 6.19. The molecule has 2 unspecified atom stereocenters. The summed E-state index contributed by atoms with van der Waals surface area (Å²) in [6.07, 6.45) is -0.860. The molecule has 0 saturated carbocycles. The van der Waals surface area contributed by atoms with Gasteiger partial charge in [0.1, 0.15) is 5.82 Å². The fraction of sp³-hybridized carbons (Fsp3) is 0.200. The molecule has 106 valence electrons. The Balaban J connectivity index is 2.36. The molecule has 5 heteroatoms. The second-order valence-electron chi connectivity index (χ2n) is 4.48. The Morgan fingerprint density at radius 1 is 1.10 bits per heavy atom. The molecule has 0 heterocycles. The lowest BCUT2D eigenvalue weighted by Crippen LogP contribution is -2.20. The van der Waals surface area contributed by atoms with Crippen molar-refractivity contribution in [2.45, 2.75) is 12.0 Å². The molecule has 0 aliphatic heterocycles. The van der Waals surface area contributed by atoms with Crippen molar-refractivity contribution < 1.29 is 9.50 Å². The van der Waals surface area contributed by atoms with Crippen LogP contribution in [-0.4, -0.2) is 11.7 Å². The Kier molecular flexibility index (Phi) is 5.32. The molecule has 2 atom stereocenters. The van der Waals surface area contributed by atoms with Crippen molar-refractivity contribution in [3.8, 4) is 0 Å². The third-order valence-electron chi connectivity index (χ3n) is 3.22. The van der Waals surface area contributed by atoms with E-state index in [1.165, 1.54) is 6.07 Å². The number of aliphatic hydroxyl groups excluding tert-OH is 1. The first-order valence-electron chi connectivity index (χ1n) is 6.12. The molecule has 0 spiro atoms. The van der Waals surface area contributed by atoms with E-state index in [0.29, 0.717) is 10.0 Å². The van der Waals surface area contributed by atoms with Crippen LogP contribution in [0.3, 0.4) is 0 Å². The number of nitrogens with two attached hydrogens (primary N) is 1. The van der Waals surface area contributed by atoms with Crippen molar-refractivity contribution in [3.05, 3.63) is 68.4 Å². The van der Waals surface area contributed by atoms with E-state index >= 15 is 0 Å². The molecule has 0 saturated heterocycles. The minimum atomic E-state index is -0.860. The van der Waals surface area contributed by atoms with E-state index in [1.807, 2.05) is 24.3 Å². The first kappa shape index (κ1) is 15.6. The van der Waals surface area contributed by atoms with Crippen LogP contribution in [0.2, 0.25) is 0 Å². The van der Waals surface area contributed by atoms with Crippen LogP contribution in [0.25, 0.3) is 0 Å². The summed E-state index contributed by atoms with van der Waals surface area (Å²) in [6.45, 7) is 0.265. The first-order valence-corrected chi connectivity index (χ1v) is 7.70. The highest BCUT2D eigenvalue weighted by atomic mass is 79.9. The van der Waals surface area contributed by atoms with Gasteiger partial charge in [-0.25, -0.2) is 4.39 Å². The van der Waals surface area contributed by atoms with Crippen LogP contribution < -0.4 is 5.73 Å². The van der Waals surface area contributed by atoms with Gasteiger partial charge in [-0.3, -0.25) is 0 Å². The van der Waals surface area contributed by atoms with Gasteiger partial charge in [-0.15, -0.1) is 0 Å². The van der Waals surface area contributed by atoms with Crippen LogP contribution in [0.5, 0.6) is 0 Å². The Morgan fingerprint density at radius 3 is 2.40 bits per heavy atom. The molecular weight excluding hydrogens is 389 g/mol. The SMILES string of the molecule is NCC(c1ccccc1Br)C(O)c1ccc(Br)c(F)c1. The van der Waals surface area contributed by atoms with E-state index in [2.05, 4.69) is 31.9 Å². The average molecular weight is 403 g/mol. The molecule has 0 aliphatic carbocycles. The highest BCUT2D eigenvalue weighted by molar-refractivity contribution is 9.10. The van der Waals surface area contributed by atoms with Gasteiger partial charge >= 0.3 is 0 Å². The number of aliphatic hydroxyl groups is 1. The Hall–Kier alpha value is -0.750. The number of benzene rings is 2. The Bertz CT molecular complexity index is 606. The topological polar surface area (TPSA) is 46.2 Å². The summed E-state index contributed by atoms with van der Waals surface area (Å²) >= 11 is 6.56. The highest BCUT2D eigenvalue weighted by Crippen LogP contribution is 2.35. The highest BCUT2D eigenvalue weighted by Gasteiger charge is 2.23. The normalized spacial score (nSPS) is 14.1. The standard InChI is InChI=1S/C15H14Br2FNO/c16-12-4-2-1-3-10(12)11(8-19)15(20)9-5-6-13(17)14(18)7-9/h1-7,11,15,20H,8,19H2. The van der Waals surface area contributed by atoms with Gasteiger partial charge < -0.3 is 10.8 Å². The lowest BCUT2D eigenvalue weighted by atomic mass is 9.89. The molecule has 0 amide bonds. The van der Waals surface area contributed by atoms with Crippen molar-refractivity contribution >= 4 is 31.9 Å². The van der Waals surface area contributed by atoms with Gasteiger partial charge in [-0.1, -0.05) is 40.2 Å². The van der Waals surface area contributed by atoms with Crippen LogP contribution >= 0.6 is 31.9 Å². The zero-order valence-corrected chi connectivity index (χ0v) is 13.7. The molecule has 0 fully saturated rings. The summed E-state index contributed by atoms with van der Waals surface area (Å²) < 4.78 is 14.8. The first-order chi connectivity index (χ1) is 9.54. The predicted octanol–water partition coefficient (Wildman–Crippen LogP) is 4.13. The smallest absolute Gasteiger partial charge is 0.137 e. The summed E-state index contributed by atoms with van der Waals surface area (Å²) in [6, 6.07) is 12.2. The van der Waals surface area contributed by atoms with E-state index < -0.39 is 11.9 Å². The lowest BCUT2D eigenvalue weighted by Gasteiger charge is -2.23. The summed E-state index contributed by atoms with van der Waals surface area (Å²) in [7, 11) is 0. The molecule has 2 aromatic rings. The summed E-state index contributed by atoms with van der Waals surface area (Å²) in [4.78, 5) is 0. The van der Waals surface area contributed by atoms with Crippen LogP contribution in [0.1, 0.15) is 23.1 Å². The summed E-state index contributed by atoms with van der Waals surface area (Å²) in [5.74, 6) is -0.699. The molecule has 0 aliphatic rings. The van der Waals surface area contributed by atoms with Crippen LogP contribution in [-0.2, 0) is 0 Å². The molecule has 2 aromatic carbocycles. The summed E-state index contributed by atoms with van der Waals surface area (Å²) in [5, 5.41) is 10.5. The van der Waals surface area contributed by atoms with Crippen molar-refractivity contribution in [1.29, 1.82) is 0 Å². The molecule has 20 heavy (non-hydrogen) atoms. The fourth-order valence-corrected chi connectivity index (χ4v) is 2.96. The Labute approximate surface area is 134 Å². The fourth-order valence-electron chi connectivity index (χ4n) is 2.13. The number of halogens is 3. The zero-order chi connectivity index (χ0) is 14.7. The molecule has 3 N–H and O–H groups in total. The maximum absolute atomic E-state index is 13.6. The maximum atomic E-state index is 13.6. The van der Waals surface area contributed by atoms with Gasteiger partial charge in [-0.2, -0.15) is 0 Å². The van der Waals surface area contributed by atoms with Crippen molar-refractivity contribution in [1.82, 2.24) is 0 Å². The van der Waals surface area contributed by atoms with E-state index in [9.17, 15) is 9.50 Å². The van der Waals surface area contributed by atoms with E-state index in [4.69, 9.17) is 5.73 Å². The lowest BCUT2D eigenvalue weighted by molar-refractivity contribution is 0.146.